The molecule has 1 heterocycles. The van der Waals surface area contributed by atoms with Crippen LogP contribution < -0.4 is 4.74 Å². The molecular weight excluding hydrogens is 340 g/mol. The Bertz CT molecular complexity index is 947. The summed E-state index contributed by atoms with van der Waals surface area (Å²) in [6.07, 6.45) is -0.102. The first-order valence-corrected chi connectivity index (χ1v) is 9.05. The van der Waals surface area contributed by atoms with E-state index in [2.05, 4.69) is 0 Å². The van der Waals surface area contributed by atoms with Gasteiger partial charge in [0.05, 0.1) is 18.8 Å². The van der Waals surface area contributed by atoms with Crippen molar-refractivity contribution < 1.29 is 14.6 Å². The third-order valence-electron chi connectivity index (χ3n) is 5.18. The summed E-state index contributed by atoms with van der Waals surface area (Å²) in [6, 6.07) is 15.3. The summed E-state index contributed by atoms with van der Waals surface area (Å²) in [7, 11) is 5.36. The van der Waals surface area contributed by atoms with Gasteiger partial charge in [-0.2, -0.15) is 0 Å². The summed E-state index contributed by atoms with van der Waals surface area (Å²) in [5.41, 5.74) is 3.46. The average Bonchev–Trinajstić information content (AvgIpc) is 2.95. The van der Waals surface area contributed by atoms with Crippen LogP contribution >= 0.6 is 0 Å². The second-order valence-corrected chi connectivity index (χ2v) is 6.84. The molecule has 3 rings (SSSR count). The van der Waals surface area contributed by atoms with Crippen molar-refractivity contribution in [2.45, 2.75) is 19.4 Å². The first kappa shape index (κ1) is 19.0. The topological polar surface area (TPSA) is 54.7 Å². The molecule has 1 N–H and O–H groups in total. The number of benzene rings is 2. The Morgan fingerprint density at radius 1 is 1.22 bits per heavy atom. The van der Waals surface area contributed by atoms with Gasteiger partial charge in [-0.1, -0.05) is 30.3 Å². The molecule has 0 radical (unpaired) electrons. The van der Waals surface area contributed by atoms with Crippen molar-refractivity contribution in [2.24, 2.45) is 7.05 Å². The number of fused-ring (bicyclic) bond motifs is 1. The number of aromatic nitrogens is 1. The van der Waals surface area contributed by atoms with Crippen LogP contribution in [0.5, 0.6) is 5.75 Å². The van der Waals surface area contributed by atoms with Gasteiger partial charge in [0, 0.05) is 37.2 Å². The van der Waals surface area contributed by atoms with Crippen LogP contribution in [0.25, 0.3) is 10.9 Å². The molecular formula is C22H26N2O3. The predicted molar refractivity (Wildman–Crippen MR) is 107 cm³/mol. The molecule has 0 aliphatic heterocycles. The fourth-order valence-electron chi connectivity index (χ4n) is 3.40. The fourth-order valence-corrected chi connectivity index (χ4v) is 3.40. The van der Waals surface area contributed by atoms with E-state index in [1.807, 2.05) is 67.1 Å². The van der Waals surface area contributed by atoms with Crippen LogP contribution in [0.3, 0.4) is 0 Å². The minimum atomic E-state index is -0.588. The monoisotopic (exact) mass is 366 g/mol. The number of aliphatic hydroxyl groups is 1. The summed E-state index contributed by atoms with van der Waals surface area (Å²) >= 11 is 0. The number of carbonyl (C=O) groups is 1. The Labute approximate surface area is 159 Å². The van der Waals surface area contributed by atoms with Crippen LogP contribution in [0.15, 0.2) is 48.5 Å². The molecule has 27 heavy (non-hydrogen) atoms. The van der Waals surface area contributed by atoms with Crippen LogP contribution in [0, 0.1) is 6.92 Å². The number of hydrogen-bond acceptors (Lipinski definition) is 3. The maximum atomic E-state index is 13.1. The SMILES string of the molecule is COc1ccc2c(c1)c(C(=O)N(C)CCC(O)c1ccccc1)c(C)n2C. The van der Waals surface area contributed by atoms with Gasteiger partial charge < -0.3 is 19.3 Å². The van der Waals surface area contributed by atoms with Crippen molar-refractivity contribution in [3.63, 3.8) is 0 Å². The lowest BCUT2D eigenvalue weighted by molar-refractivity contribution is 0.0762. The number of nitrogens with zero attached hydrogens (tertiary/aromatic N) is 2. The first-order valence-electron chi connectivity index (χ1n) is 9.05. The van der Waals surface area contributed by atoms with Crippen molar-refractivity contribution in [2.75, 3.05) is 20.7 Å². The molecule has 0 aliphatic rings. The molecule has 1 aromatic heterocycles. The van der Waals surface area contributed by atoms with Crippen molar-refractivity contribution in [1.82, 2.24) is 9.47 Å². The Morgan fingerprint density at radius 3 is 2.59 bits per heavy atom. The summed E-state index contributed by atoms with van der Waals surface area (Å²) in [5, 5.41) is 11.2. The van der Waals surface area contributed by atoms with Crippen molar-refractivity contribution >= 4 is 16.8 Å². The van der Waals surface area contributed by atoms with Crippen molar-refractivity contribution in [1.29, 1.82) is 0 Å². The summed E-state index contributed by atoms with van der Waals surface area (Å²) < 4.78 is 7.35. The van der Waals surface area contributed by atoms with Gasteiger partial charge in [0.1, 0.15) is 5.75 Å². The van der Waals surface area contributed by atoms with Crippen LogP contribution in [-0.4, -0.2) is 41.2 Å². The third kappa shape index (κ3) is 3.69. The molecule has 1 unspecified atom stereocenters. The van der Waals surface area contributed by atoms with E-state index in [0.29, 0.717) is 18.5 Å². The van der Waals surface area contributed by atoms with E-state index < -0.39 is 6.10 Å². The van der Waals surface area contributed by atoms with Crippen LogP contribution in [0.1, 0.15) is 34.1 Å². The lowest BCUT2D eigenvalue weighted by atomic mass is 10.1. The molecule has 0 aliphatic carbocycles. The van der Waals surface area contributed by atoms with E-state index in [9.17, 15) is 9.90 Å². The molecule has 0 saturated heterocycles. The molecule has 0 fully saturated rings. The van der Waals surface area contributed by atoms with Crippen molar-refractivity contribution in [3.05, 3.63) is 65.4 Å². The maximum Gasteiger partial charge on any atom is 0.256 e. The second-order valence-electron chi connectivity index (χ2n) is 6.84. The van der Waals surface area contributed by atoms with E-state index >= 15 is 0 Å². The highest BCUT2D eigenvalue weighted by atomic mass is 16.5. The number of amides is 1. The smallest absolute Gasteiger partial charge is 0.256 e. The molecule has 5 nitrogen and oxygen atoms in total. The van der Waals surface area contributed by atoms with Gasteiger partial charge in [0.15, 0.2) is 0 Å². The number of carbonyl (C=O) groups excluding carboxylic acids is 1. The molecule has 0 bridgehead atoms. The number of aryl methyl sites for hydroxylation is 1. The minimum Gasteiger partial charge on any atom is -0.497 e. The lowest BCUT2D eigenvalue weighted by Crippen LogP contribution is -2.29. The largest absolute Gasteiger partial charge is 0.497 e. The van der Waals surface area contributed by atoms with Crippen LogP contribution in [-0.2, 0) is 7.05 Å². The molecule has 1 amide bonds. The van der Waals surface area contributed by atoms with E-state index in [0.717, 1.165) is 27.9 Å². The Hall–Kier alpha value is -2.79. The highest BCUT2D eigenvalue weighted by molar-refractivity contribution is 6.08. The zero-order chi connectivity index (χ0) is 19.6. The fraction of sp³-hybridized carbons (Fsp3) is 0.318. The van der Waals surface area contributed by atoms with Crippen LogP contribution in [0.4, 0.5) is 0 Å². The summed E-state index contributed by atoms with van der Waals surface area (Å²) in [4.78, 5) is 14.8. The molecule has 5 heteroatoms. The number of ether oxygens (including phenoxy) is 1. The maximum absolute atomic E-state index is 13.1. The second kappa shape index (κ2) is 7.84. The molecule has 0 saturated carbocycles. The average molecular weight is 366 g/mol. The van der Waals surface area contributed by atoms with Gasteiger partial charge >= 0.3 is 0 Å². The molecule has 1 atom stereocenters. The van der Waals surface area contributed by atoms with Gasteiger partial charge in [-0.3, -0.25) is 4.79 Å². The highest BCUT2D eigenvalue weighted by Crippen LogP contribution is 2.29. The summed E-state index contributed by atoms with van der Waals surface area (Å²) in [5.74, 6) is 0.677. The Balaban J connectivity index is 1.81. The number of hydrogen-bond donors (Lipinski definition) is 1. The Morgan fingerprint density at radius 2 is 1.93 bits per heavy atom. The van der Waals surface area contributed by atoms with E-state index in [4.69, 9.17) is 4.74 Å². The third-order valence-corrected chi connectivity index (χ3v) is 5.18. The van der Waals surface area contributed by atoms with Gasteiger partial charge in [-0.15, -0.1) is 0 Å². The number of aliphatic hydroxyl groups excluding tert-OH is 1. The Kier molecular flexibility index (Phi) is 5.51. The van der Waals surface area contributed by atoms with Gasteiger partial charge in [-0.25, -0.2) is 0 Å². The zero-order valence-electron chi connectivity index (χ0n) is 16.3. The summed E-state index contributed by atoms with van der Waals surface area (Å²) in [6.45, 7) is 2.42. The van der Waals surface area contributed by atoms with Gasteiger partial charge in [0.2, 0.25) is 0 Å². The van der Waals surface area contributed by atoms with Crippen molar-refractivity contribution in [3.8, 4) is 5.75 Å². The molecule has 0 spiro atoms. The van der Waals surface area contributed by atoms with E-state index in [1.165, 1.54) is 0 Å². The first-order chi connectivity index (χ1) is 12.9. The molecule has 142 valence electrons. The van der Waals surface area contributed by atoms with E-state index in [1.54, 1.807) is 19.1 Å². The van der Waals surface area contributed by atoms with Gasteiger partial charge in [0.25, 0.3) is 5.91 Å². The van der Waals surface area contributed by atoms with E-state index in [-0.39, 0.29) is 5.91 Å². The highest BCUT2D eigenvalue weighted by Gasteiger charge is 2.22. The normalized spacial score (nSPS) is 12.2. The number of rotatable bonds is 6. The molecule has 2 aromatic carbocycles. The lowest BCUT2D eigenvalue weighted by Gasteiger charge is -2.20. The van der Waals surface area contributed by atoms with Crippen LogP contribution in [0.2, 0.25) is 0 Å². The number of methoxy groups -OCH3 is 1. The standard InChI is InChI=1S/C22H26N2O3/c1-15-21(18-14-17(27-4)10-11-19(18)24(15)3)22(26)23(2)13-12-20(25)16-8-6-5-7-9-16/h5-11,14,20,25H,12-13H2,1-4H3. The molecule has 3 aromatic rings. The predicted octanol–water partition coefficient (Wildman–Crippen LogP) is 3.69. The van der Waals surface area contributed by atoms with Gasteiger partial charge in [-0.05, 0) is 37.1 Å². The minimum absolute atomic E-state index is 0.0494. The quantitative estimate of drug-likeness (QED) is 0.724. The zero-order valence-corrected chi connectivity index (χ0v) is 16.3.